The number of amides is 1. The molecule has 0 saturated carbocycles. The van der Waals surface area contributed by atoms with Gasteiger partial charge in [0.15, 0.2) is 6.10 Å². The lowest BCUT2D eigenvalue weighted by atomic mass is 10.2. The number of ether oxygens (including phenoxy) is 1. The van der Waals surface area contributed by atoms with Crippen LogP contribution in [0.25, 0.3) is 6.08 Å². The summed E-state index contributed by atoms with van der Waals surface area (Å²) in [4.78, 5) is 23.7. The molecule has 0 saturated heterocycles. The first-order valence-electron chi connectivity index (χ1n) is 7.15. The van der Waals surface area contributed by atoms with E-state index in [0.29, 0.717) is 15.7 Å². The van der Waals surface area contributed by atoms with Crippen molar-refractivity contribution in [3.63, 3.8) is 0 Å². The molecule has 0 fully saturated rings. The zero-order chi connectivity index (χ0) is 17.5. The van der Waals surface area contributed by atoms with Gasteiger partial charge in [-0.05, 0) is 55.0 Å². The Bertz CT molecular complexity index is 740. The van der Waals surface area contributed by atoms with Gasteiger partial charge in [-0.2, -0.15) is 0 Å². The minimum absolute atomic E-state index is 0.425. The van der Waals surface area contributed by atoms with E-state index in [-0.39, 0.29) is 0 Å². The summed E-state index contributed by atoms with van der Waals surface area (Å²) >= 11 is 11.6. The molecule has 4 nitrogen and oxygen atoms in total. The van der Waals surface area contributed by atoms with Crippen LogP contribution in [0.1, 0.15) is 12.5 Å². The lowest BCUT2D eigenvalue weighted by Crippen LogP contribution is -2.29. The standard InChI is InChI=1S/C18H15Cl2NO3/c1-12(18(23)21-16-9-7-15(20)8-10-16)24-17(22)11-4-13-2-5-14(19)6-3-13/h2-12H,1H3,(H,21,23)/b11-4+/t12-/m1/s1. The van der Waals surface area contributed by atoms with E-state index in [4.69, 9.17) is 27.9 Å². The highest BCUT2D eigenvalue weighted by molar-refractivity contribution is 6.30. The molecule has 0 aliphatic carbocycles. The van der Waals surface area contributed by atoms with Crippen LogP contribution in [0.3, 0.4) is 0 Å². The third kappa shape index (κ3) is 5.72. The molecule has 124 valence electrons. The van der Waals surface area contributed by atoms with Crippen molar-refractivity contribution in [1.29, 1.82) is 0 Å². The summed E-state index contributed by atoms with van der Waals surface area (Å²) in [6, 6.07) is 13.6. The van der Waals surface area contributed by atoms with Gasteiger partial charge in [0.05, 0.1) is 0 Å². The van der Waals surface area contributed by atoms with Gasteiger partial charge in [-0.3, -0.25) is 4.79 Å². The van der Waals surface area contributed by atoms with E-state index < -0.39 is 18.0 Å². The van der Waals surface area contributed by atoms with E-state index in [0.717, 1.165) is 5.56 Å². The monoisotopic (exact) mass is 363 g/mol. The maximum Gasteiger partial charge on any atom is 0.331 e. The van der Waals surface area contributed by atoms with Crippen LogP contribution in [0.2, 0.25) is 10.0 Å². The van der Waals surface area contributed by atoms with Gasteiger partial charge in [0, 0.05) is 21.8 Å². The minimum atomic E-state index is -0.928. The molecule has 0 unspecified atom stereocenters. The molecular weight excluding hydrogens is 349 g/mol. The molecule has 0 aliphatic rings. The van der Waals surface area contributed by atoms with Gasteiger partial charge in [0.25, 0.3) is 5.91 Å². The number of anilines is 1. The molecule has 0 bridgehead atoms. The Kier molecular flexibility index (Phi) is 6.41. The predicted octanol–water partition coefficient (Wildman–Crippen LogP) is 4.58. The van der Waals surface area contributed by atoms with Crippen LogP contribution < -0.4 is 5.32 Å². The molecule has 1 amide bonds. The zero-order valence-corrected chi connectivity index (χ0v) is 14.3. The lowest BCUT2D eigenvalue weighted by Gasteiger charge is -2.12. The maximum absolute atomic E-state index is 12.0. The molecule has 2 rings (SSSR count). The van der Waals surface area contributed by atoms with Crippen molar-refractivity contribution < 1.29 is 14.3 Å². The topological polar surface area (TPSA) is 55.4 Å². The summed E-state index contributed by atoms with van der Waals surface area (Å²) in [5.41, 5.74) is 1.37. The van der Waals surface area contributed by atoms with Crippen molar-refractivity contribution in [2.75, 3.05) is 5.32 Å². The zero-order valence-electron chi connectivity index (χ0n) is 12.8. The van der Waals surface area contributed by atoms with E-state index in [9.17, 15) is 9.59 Å². The van der Waals surface area contributed by atoms with Gasteiger partial charge in [-0.25, -0.2) is 4.79 Å². The van der Waals surface area contributed by atoms with Crippen molar-refractivity contribution in [3.05, 3.63) is 70.2 Å². The Morgan fingerprint density at radius 1 is 1.00 bits per heavy atom. The summed E-state index contributed by atoms with van der Waals surface area (Å²) in [6.45, 7) is 1.50. The predicted molar refractivity (Wildman–Crippen MR) is 96.1 cm³/mol. The number of hydrogen-bond donors (Lipinski definition) is 1. The number of halogens is 2. The van der Waals surface area contributed by atoms with Crippen molar-refractivity contribution in [1.82, 2.24) is 0 Å². The molecule has 0 aliphatic heterocycles. The molecule has 2 aromatic rings. The van der Waals surface area contributed by atoms with Gasteiger partial charge >= 0.3 is 5.97 Å². The average Bonchev–Trinajstić information content (AvgIpc) is 2.56. The van der Waals surface area contributed by atoms with E-state index in [1.807, 2.05) is 0 Å². The van der Waals surface area contributed by atoms with Gasteiger partial charge in [0.1, 0.15) is 0 Å². The molecule has 0 heterocycles. The average molecular weight is 364 g/mol. The summed E-state index contributed by atoms with van der Waals surface area (Å²) in [5.74, 6) is -1.03. The SMILES string of the molecule is C[C@@H](OC(=O)/C=C/c1ccc(Cl)cc1)C(=O)Nc1ccc(Cl)cc1. The second kappa shape index (κ2) is 8.52. The Labute approximate surface area is 150 Å². The third-order valence-electron chi connectivity index (χ3n) is 3.06. The molecule has 6 heteroatoms. The molecular formula is C18H15Cl2NO3. The first-order chi connectivity index (χ1) is 11.4. The van der Waals surface area contributed by atoms with Crippen LogP contribution in [0, 0.1) is 0 Å². The first kappa shape index (κ1) is 18.0. The lowest BCUT2D eigenvalue weighted by molar-refractivity contribution is -0.148. The number of nitrogens with one attached hydrogen (secondary N) is 1. The molecule has 24 heavy (non-hydrogen) atoms. The van der Waals surface area contributed by atoms with E-state index >= 15 is 0 Å². The summed E-state index contributed by atoms with van der Waals surface area (Å²) in [6.07, 6.45) is 1.92. The van der Waals surface area contributed by atoms with Crippen molar-refractivity contribution in [3.8, 4) is 0 Å². The molecule has 1 atom stereocenters. The van der Waals surface area contributed by atoms with Gasteiger partial charge in [-0.1, -0.05) is 35.3 Å². The number of rotatable bonds is 5. The Morgan fingerprint density at radius 2 is 1.54 bits per heavy atom. The number of carbonyl (C=O) groups excluding carboxylic acids is 2. The fourth-order valence-corrected chi connectivity index (χ4v) is 2.03. The number of benzene rings is 2. The van der Waals surface area contributed by atoms with Crippen LogP contribution in [0.5, 0.6) is 0 Å². The van der Waals surface area contributed by atoms with E-state index in [1.54, 1.807) is 54.6 Å². The second-order valence-electron chi connectivity index (χ2n) is 4.96. The molecule has 0 aromatic heterocycles. The van der Waals surface area contributed by atoms with Crippen LogP contribution in [0.4, 0.5) is 5.69 Å². The van der Waals surface area contributed by atoms with Gasteiger partial charge in [0.2, 0.25) is 0 Å². The van der Waals surface area contributed by atoms with Gasteiger partial charge < -0.3 is 10.1 Å². The fourth-order valence-electron chi connectivity index (χ4n) is 1.78. The van der Waals surface area contributed by atoms with Crippen LogP contribution in [-0.4, -0.2) is 18.0 Å². The Balaban J connectivity index is 1.87. The number of carbonyl (C=O) groups is 2. The smallest absolute Gasteiger partial charge is 0.331 e. The maximum atomic E-state index is 12.0. The quantitative estimate of drug-likeness (QED) is 0.624. The van der Waals surface area contributed by atoms with Crippen LogP contribution in [-0.2, 0) is 14.3 Å². The van der Waals surface area contributed by atoms with Crippen molar-refractivity contribution >= 4 is 46.8 Å². The Hall–Kier alpha value is -2.30. The fraction of sp³-hybridized carbons (Fsp3) is 0.111. The number of esters is 1. The Morgan fingerprint density at radius 3 is 2.12 bits per heavy atom. The highest BCUT2D eigenvalue weighted by Crippen LogP contribution is 2.14. The second-order valence-corrected chi connectivity index (χ2v) is 5.83. The third-order valence-corrected chi connectivity index (χ3v) is 3.56. The van der Waals surface area contributed by atoms with Crippen molar-refractivity contribution in [2.24, 2.45) is 0 Å². The first-order valence-corrected chi connectivity index (χ1v) is 7.90. The van der Waals surface area contributed by atoms with E-state index in [1.165, 1.54) is 13.0 Å². The minimum Gasteiger partial charge on any atom is -0.449 e. The van der Waals surface area contributed by atoms with Crippen LogP contribution in [0.15, 0.2) is 54.6 Å². The number of hydrogen-bond acceptors (Lipinski definition) is 3. The van der Waals surface area contributed by atoms with Gasteiger partial charge in [-0.15, -0.1) is 0 Å². The largest absolute Gasteiger partial charge is 0.449 e. The normalized spacial score (nSPS) is 12.0. The highest BCUT2D eigenvalue weighted by Gasteiger charge is 2.16. The summed E-state index contributed by atoms with van der Waals surface area (Å²) in [5, 5.41) is 3.82. The molecule has 0 spiro atoms. The van der Waals surface area contributed by atoms with E-state index in [2.05, 4.69) is 5.32 Å². The molecule has 2 aromatic carbocycles. The summed E-state index contributed by atoms with van der Waals surface area (Å²) in [7, 11) is 0. The van der Waals surface area contributed by atoms with Crippen molar-refractivity contribution in [2.45, 2.75) is 13.0 Å². The molecule has 1 N–H and O–H groups in total. The van der Waals surface area contributed by atoms with Crippen LogP contribution >= 0.6 is 23.2 Å². The summed E-state index contributed by atoms with van der Waals surface area (Å²) < 4.78 is 5.06. The molecule has 0 radical (unpaired) electrons. The highest BCUT2D eigenvalue weighted by atomic mass is 35.5.